The van der Waals surface area contributed by atoms with Crippen LogP contribution < -0.4 is 5.32 Å². The summed E-state index contributed by atoms with van der Waals surface area (Å²) < 4.78 is 5.77. The number of hydrogen-bond acceptors (Lipinski definition) is 5. The summed E-state index contributed by atoms with van der Waals surface area (Å²) >= 11 is 0. The minimum Gasteiger partial charge on any atom is -0.458 e. The fourth-order valence-corrected chi connectivity index (χ4v) is 7.15. The number of ether oxygens (including phenoxy) is 1. The van der Waals surface area contributed by atoms with E-state index in [2.05, 4.69) is 92.9 Å². The number of aliphatic hydroxyl groups is 2. The Labute approximate surface area is 376 Å². The first-order valence-electron chi connectivity index (χ1n) is 25.3. The Morgan fingerprint density at radius 3 is 1.39 bits per heavy atom. The lowest BCUT2D eigenvalue weighted by molar-refractivity contribution is -0.148. The summed E-state index contributed by atoms with van der Waals surface area (Å²) in [6, 6.07) is -0.750. The number of carbonyl (C=O) groups is 2. The van der Waals surface area contributed by atoms with Crippen molar-refractivity contribution in [1.82, 2.24) is 5.32 Å². The molecular formula is C55H95NO5. The fourth-order valence-electron chi connectivity index (χ4n) is 7.15. The van der Waals surface area contributed by atoms with Gasteiger partial charge in [0.15, 0.2) is 0 Å². The SMILES string of the molecule is CC/C=C/C/C=C/C/C=C/C/C=C/C/C=C/CCC(=O)OC(/C=C/C/C=C\CCCCCCCC)CC(=O)NC(CO)C(O)CCCCCCCCCCCCCCCCC. The summed E-state index contributed by atoms with van der Waals surface area (Å²) in [5.74, 6) is -0.706. The number of amides is 1. The highest BCUT2D eigenvalue weighted by atomic mass is 16.5. The van der Waals surface area contributed by atoms with E-state index in [-0.39, 0.29) is 31.3 Å². The summed E-state index contributed by atoms with van der Waals surface area (Å²) in [4.78, 5) is 26.0. The van der Waals surface area contributed by atoms with Crippen LogP contribution in [0.25, 0.3) is 0 Å². The Kier molecular flexibility index (Phi) is 45.7. The molecule has 0 saturated heterocycles. The monoisotopic (exact) mass is 850 g/mol. The molecule has 0 bridgehead atoms. The highest BCUT2D eigenvalue weighted by Crippen LogP contribution is 2.15. The molecule has 0 aromatic carbocycles. The summed E-state index contributed by atoms with van der Waals surface area (Å²) in [5, 5.41) is 23.7. The average molecular weight is 850 g/mol. The zero-order valence-corrected chi connectivity index (χ0v) is 39.8. The van der Waals surface area contributed by atoms with Gasteiger partial charge >= 0.3 is 5.97 Å². The van der Waals surface area contributed by atoms with Gasteiger partial charge in [0.25, 0.3) is 0 Å². The van der Waals surface area contributed by atoms with E-state index in [0.29, 0.717) is 19.3 Å². The van der Waals surface area contributed by atoms with Crippen molar-refractivity contribution in [2.24, 2.45) is 0 Å². The van der Waals surface area contributed by atoms with Crippen LogP contribution in [0.15, 0.2) is 85.1 Å². The maximum Gasteiger partial charge on any atom is 0.306 e. The first-order chi connectivity index (χ1) is 30.0. The highest BCUT2D eigenvalue weighted by Gasteiger charge is 2.23. The summed E-state index contributed by atoms with van der Waals surface area (Å²) in [7, 11) is 0. The zero-order valence-electron chi connectivity index (χ0n) is 39.8. The first kappa shape index (κ1) is 58.0. The number of hydrogen-bond donors (Lipinski definition) is 3. The predicted octanol–water partition coefficient (Wildman–Crippen LogP) is 15.2. The van der Waals surface area contributed by atoms with E-state index in [9.17, 15) is 19.8 Å². The predicted molar refractivity (Wildman–Crippen MR) is 264 cm³/mol. The van der Waals surface area contributed by atoms with Gasteiger partial charge in [-0.05, 0) is 70.3 Å². The number of nitrogens with one attached hydrogen (secondary N) is 1. The Bertz CT molecular complexity index is 1180. The molecule has 6 heteroatoms. The third-order valence-electron chi connectivity index (χ3n) is 11.0. The molecule has 0 spiro atoms. The average Bonchev–Trinajstić information content (AvgIpc) is 3.25. The molecule has 0 radical (unpaired) electrons. The second kappa shape index (κ2) is 48.1. The van der Waals surface area contributed by atoms with Crippen molar-refractivity contribution in [3.63, 3.8) is 0 Å². The fraction of sp³-hybridized carbons (Fsp3) is 0.709. The standard InChI is InChI=1S/C55H95NO5/c1-4-7-10-13-16-19-22-24-26-28-30-33-36-39-42-45-48-55(60)61-51(46-43-40-37-34-31-21-18-15-12-9-6-3)49-54(59)56-52(50-57)53(58)47-44-41-38-35-32-29-27-25-23-20-17-14-11-8-5-2/h7,10,16,19,24,26,30,33-34,37,39,42-43,46,51-53,57-58H,4-6,8-9,11-15,17-18,20-23,25,27-29,31-32,35-36,38,40-41,44-45,47-50H2,1-3H3,(H,56,59)/b10-7+,19-16+,26-24+,33-30+,37-34-,42-39+,46-43+. The number of unbranched alkanes of at least 4 members (excludes halogenated alkanes) is 20. The molecule has 0 fully saturated rings. The van der Waals surface area contributed by atoms with Crippen LogP contribution in [0.3, 0.4) is 0 Å². The third-order valence-corrected chi connectivity index (χ3v) is 11.0. The molecule has 3 N–H and O–H groups in total. The van der Waals surface area contributed by atoms with Gasteiger partial charge in [-0.2, -0.15) is 0 Å². The van der Waals surface area contributed by atoms with Crippen LogP contribution in [-0.2, 0) is 14.3 Å². The molecule has 3 unspecified atom stereocenters. The molecule has 3 atom stereocenters. The van der Waals surface area contributed by atoms with E-state index in [1.807, 2.05) is 12.2 Å². The van der Waals surface area contributed by atoms with Crippen molar-refractivity contribution < 1.29 is 24.5 Å². The molecule has 61 heavy (non-hydrogen) atoms. The number of rotatable bonds is 44. The number of allylic oxidation sites excluding steroid dienone is 13. The quantitative estimate of drug-likeness (QED) is 0.0322. The molecule has 0 rings (SSSR count). The molecule has 0 aliphatic rings. The van der Waals surface area contributed by atoms with E-state index in [0.717, 1.165) is 57.8 Å². The maximum absolute atomic E-state index is 13.1. The molecular weight excluding hydrogens is 755 g/mol. The van der Waals surface area contributed by atoms with Crippen molar-refractivity contribution in [2.75, 3.05) is 6.61 Å². The van der Waals surface area contributed by atoms with Crippen LogP contribution in [0, 0.1) is 0 Å². The normalized spacial score (nSPS) is 14.0. The van der Waals surface area contributed by atoms with Crippen LogP contribution in [0.5, 0.6) is 0 Å². The van der Waals surface area contributed by atoms with Gasteiger partial charge in [0, 0.05) is 6.42 Å². The molecule has 6 nitrogen and oxygen atoms in total. The van der Waals surface area contributed by atoms with Crippen LogP contribution in [0.4, 0.5) is 0 Å². The topological polar surface area (TPSA) is 95.9 Å². The van der Waals surface area contributed by atoms with Crippen molar-refractivity contribution in [2.45, 2.75) is 244 Å². The molecule has 0 aliphatic carbocycles. The van der Waals surface area contributed by atoms with Crippen molar-refractivity contribution >= 4 is 11.9 Å². The second-order valence-corrected chi connectivity index (χ2v) is 16.8. The molecule has 0 heterocycles. The maximum atomic E-state index is 13.1. The van der Waals surface area contributed by atoms with Gasteiger partial charge in [-0.15, -0.1) is 0 Å². The van der Waals surface area contributed by atoms with E-state index in [1.54, 1.807) is 6.08 Å². The van der Waals surface area contributed by atoms with Gasteiger partial charge in [-0.3, -0.25) is 9.59 Å². The van der Waals surface area contributed by atoms with Crippen molar-refractivity contribution in [3.05, 3.63) is 85.1 Å². The summed E-state index contributed by atoms with van der Waals surface area (Å²) in [5.41, 5.74) is 0. The lowest BCUT2D eigenvalue weighted by Crippen LogP contribution is -2.46. The van der Waals surface area contributed by atoms with Crippen molar-refractivity contribution in [3.8, 4) is 0 Å². The summed E-state index contributed by atoms with van der Waals surface area (Å²) in [6.45, 7) is 6.31. The largest absolute Gasteiger partial charge is 0.458 e. The lowest BCUT2D eigenvalue weighted by atomic mass is 10.0. The number of aliphatic hydroxyl groups excluding tert-OH is 2. The molecule has 350 valence electrons. The lowest BCUT2D eigenvalue weighted by Gasteiger charge is -2.23. The van der Waals surface area contributed by atoms with Gasteiger partial charge < -0.3 is 20.3 Å². The minimum absolute atomic E-state index is 0.0619. The van der Waals surface area contributed by atoms with Gasteiger partial charge in [-0.25, -0.2) is 0 Å². The second-order valence-electron chi connectivity index (χ2n) is 16.8. The van der Waals surface area contributed by atoms with Crippen LogP contribution >= 0.6 is 0 Å². The first-order valence-corrected chi connectivity index (χ1v) is 25.3. The zero-order chi connectivity index (χ0) is 44.5. The molecule has 0 saturated carbocycles. The highest BCUT2D eigenvalue weighted by molar-refractivity contribution is 5.78. The van der Waals surface area contributed by atoms with Crippen LogP contribution in [0.1, 0.15) is 226 Å². The van der Waals surface area contributed by atoms with Crippen LogP contribution in [0.2, 0.25) is 0 Å². The Hall–Kier alpha value is -2.96. The van der Waals surface area contributed by atoms with Gasteiger partial charge in [0.05, 0.1) is 25.2 Å². The van der Waals surface area contributed by atoms with Gasteiger partial charge in [0.2, 0.25) is 5.91 Å². The summed E-state index contributed by atoms with van der Waals surface area (Å²) in [6.07, 6.45) is 62.5. The van der Waals surface area contributed by atoms with E-state index < -0.39 is 18.2 Å². The van der Waals surface area contributed by atoms with Crippen LogP contribution in [-0.4, -0.2) is 46.9 Å². The Balaban J connectivity index is 4.71. The number of carbonyl (C=O) groups excluding carboxylic acids is 2. The Morgan fingerprint density at radius 1 is 0.508 bits per heavy atom. The van der Waals surface area contributed by atoms with E-state index in [4.69, 9.17) is 4.74 Å². The molecule has 0 aliphatic heterocycles. The minimum atomic E-state index is -0.826. The van der Waals surface area contributed by atoms with Gasteiger partial charge in [-0.1, -0.05) is 228 Å². The smallest absolute Gasteiger partial charge is 0.306 e. The number of esters is 1. The third kappa shape index (κ3) is 43.5. The molecule has 1 amide bonds. The van der Waals surface area contributed by atoms with Crippen molar-refractivity contribution in [1.29, 1.82) is 0 Å². The van der Waals surface area contributed by atoms with E-state index in [1.165, 1.54) is 116 Å². The van der Waals surface area contributed by atoms with E-state index >= 15 is 0 Å². The molecule has 0 aromatic heterocycles. The Morgan fingerprint density at radius 2 is 0.918 bits per heavy atom. The van der Waals surface area contributed by atoms with Gasteiger partial charge in [0.1, 0.15) is 6.10 Å². The molecule has 0 aromatic rings.